The average Bonchev–Trinajstić information content (AvgIpc) is 2.24. The predicted molar refractivity (Wildman–Crippen MR) is 68.8 cm³/mol. The van der Waals surface area contributed by atoms with E-state index in [2.05, 4.69) is 5.32 Å². The van der Waals surface area contributed by atoms with Crippen LogP contribution in [0.3, 0.4) is 0 Å². The average molecular weight is 271 g/mol. The Morgan fingerprint density at radius 1 is 1.21 bits per heavy atom. The second kappa shape index (κ2) is 6.61. The van der Waals surface area contributed by atoms with Gasteiger partial charge in [-0.05, 0) is 44.9 Å². The standard InChI is InChI=1S/C14H19F2NO2/c1-14(2,3)19-9-13(18)17-5-4-10-6-11(15)8-12(16)7-10/h6-8H,4-5,9H2,1-3H3,(H,17,18). The van der Waals surface area contributed by atoms with Gasteiger partial charge in [-0.2, -0.15) is 0 Å². The van der Waals surface area contributed by atoms with Crippen molar-refractivity contribution in [2.45, 2.75) is 32.8 Å². The monoisotopic (exact) mass is 271 g/mol. The minimum absolute atomic E-state index is 0.0268. The Hall–Kier alpha value is -1.49. The molecule has 1 aromatic rings. The van der Waals surface area contributed by atoms with Crippen molar-refractivity contribution in [1.29, 1.82) is 0 Å². The molecule has 0 aliphatic rings. The molecule has 0 atom stereocenters. The molecule has 0 saturated carbocycles. The van der Waals surface area contributed by atoms with Crippen molar-refractivity contribution in [3.8, 4) is 0 Å². The van der Waals surface area contributed by atoms with Gasteiger partial charge in [0.25, 0.3) is 0 Å². The Labute approximate surface area is 112 Å². The van der Waals surface area contributed by atoms with Gasteiger partial charge in [0.15, 0.2) is 0 Å². The number of hydrogen-bond acceptors (Lipinski definition) is 2. The molecule has 0 radical (unpaired) electrons. The molecule has 0 aliphatic carbocycles. The molecule has 0 saturated heterocycles. The van der Waals surface area contributed by atoms with Crippen LogP contribution in [0.1, 0.15) is 26.3 Å². The summed E-state index contributed by atoms with van der Waals surface area (Å²) in [6, 6.07) is 3.32. The summed E-state index contributed by atoms with van der Waals surface area (Å²) in [5.74, 6) is -1.47. The fraction of sp³-hybridized carbons (Fsp3) is 0.500. The van der Waals surface area contributed by atoms with Crippen molar-refractivity contribution in [2.24, 2.45) is 0 Å². The summed E-state index contributed by atoms with van der Waals surface area (Å²) in [7, 11) is 0. The van der Waals surface area contributed by atoms with Crippen molar-refractivity contribution < 1.29 is 18.3 Å². The number of carbonyl (C=O) groups is 1. The summed E-state index contributed by atoms with van der Waals surface area (Å²) in [5, 5.41) is 2.63. The molecule has 0 unspecified atom stereocenters. The SMILES string of the molecule is CC(C)(C)OCC(=O)NCCc1cc(F)cc(F)c1. The van der Waals surface area contributed by atoms with Gasteiger partial charge in [0, 0.05) is 12.6 Å². The zero-order valence-corrected chi connectivity index (χ0v) is 11.4. The second-order valence-electron chi connectivity index (χ2n) is 5.28. The van der Waals surface area contributed by atoms with Gasteiger partial charge in [-0.1, -0.05) is 0 Å². The van der Waals surface area contributed by atoms with E-state index >= 15 is 0 Å². The van der Waals surface area contributed by atoms with E-state index in [9.17, 15) is 13.6 Å². The molecule has 0 aliphatic heterocycles. The van der Waals surface area contributed by atoms with E-state index in [0.29, 0.717) is 18.5 Å². The summed E-state index contributed by atoms with van der Waals surface area (Å²) >= 11 is 0. The first-order valence-corrected chi connectivity index (χ1v) is 6.12. The molecular weight excluding hydrogens is 252 g/mol. The van der Waals surface area contributed by atoms with E-state index in [1.807, 2.05) is 20.8 Å². The molecule has 5 heteroatoms. The number of halogens is 2. The van der Waals surface area contributed by atoms with Gasteiger partial charge in [0.2, 0.25) is 5.91 Å². The highest BCUT2D eigenvalue weighted by Crippen LogP contribution is 2.08. The number of rotatable bonds is 5. The molecular formula is C14H19F2NO2. The highest BCUT2D eigenvalue weighted by atomic mass is 19.1. The summed E-state index contributed by atoms with van der Waals surface area (Å²) in [6.07, 6.45) is 0.371. The first-order valence-electron chi connectivity index (χ1n) is 6.12. The number of amides is 1. The minimum atomic E-state index is -0.614. The minimum Gasteiger partial charge on any atom is -0.366 e. The summed E-state index contributed by atoms with van der Waals surface area (Å²) in [4.78, 5) is 11.4. The molecule has 1 aromatic carbocycles. The van der Waals surface area contributed by atoms with E-state index < -0.39 is 11.6 Å². The van der Waals surface area contributed by atoms with Gasteiger partial charge in [-0.25, -0.2) is 8.78 Å². The lowest BCUT2D eigenvalue weighted by Gasteiger charge is -2.18. The highest BCUT2D eigenvalue weighted by molar-refractivity contribution is 5.77. The zero-order valence-electron chi connectivity index (χ0n) is 11.4. The maximum Gasteiger partial charge on any atom is 0.246 e. The van der Waals surface area contributed by atoms with Crippen molar-refractivity contribution >= 4 is 5.91 Å². The first-order chi connectivity index (χ1) is 8.76. The van der Waals surface area contributed by atoms with E-state index in [4.69, 9.17) is 4.74 Å². The molecule has 1 rings (SSSR count). The van der Waals surface area contributed by atoms with Crippen LogP contribution in [0.15, 0.2) is 18.2 Å². The number of benzene rings is 1. The highest BCUT2D eigenvalue weighted by Gasteiger charge is 2.12. The van der Waals surface area contributed by atoms with Crippen molar-refractivity contribution in [3.63, 3.8) is 0 Å². The molecule has 0 spiro atoms. The van der Waals surface area contributed by atoms with Crippen LogP contribution in [-0.4, -0.2) is 24.7 Å². The molecule has 0 bridgehead atoms. The second-order valence-corrected chi connectivity index (χ2v) is 5.28. The van der Waals surface area contributed by atoms with Gasteiger partial charge in [0.1, 0.15) is 18.2 Å². The van der Waals surface area contributed by atoms with Crippen LogP contribution in [0.5, 0.6) is 0 Å². The van der Waals surface area contributed by atoms with Gasteiger partial charge in [0.05, 0.1) is 5.60 Å². The Bertz CT molecular complexity index is 421. The van der Waals surface area contributed by atoms with Gasteiger partial charge < -0.3 is 10.1 Å². The van der Waals surface area contributed by atoms with Gasteiger partial charge in [-0.3, -0.25) is 4.79 Å². The summed E-state index contributed by atoms with van der Waals surface area (Å²) < 4.78 is 31.1. The van der Waals surface area contributed by atoms with Crippen LogP contribution in [0.25, 0.3) is 0 Å². The molecule has 0 fully saturated rings. The van der Waals surface area contributed by atoms with E-state index in [1.54, 1.807) is 0 Å². The molecule has 3 nitrogen and oxygen atoms in total. The largest absolute Gasteiger partial charge is 0.366 e. The number of ether oxygens (including phenoxy) is 1. The smallest absolute Gasteiger partial charge is 0.246 e. The third kappa shape index (κ3) is 6.86. The lowest BCUT2D eigenvalue weighted by Crippen LogP contribution is -2.33. The maximum atomic E-state index is 12.9. The van der Waals surface area contributed by atoms with Crippen LogP contribution in [-0.2, 0) is 16.0 Å². The van der Waals surface area contributed by atoms with Crippen molar-refractivity contribution in [3.05, 3.63) is 35.4 Å². The zero-order chi connectivity index (χ0) is 14.5. The summed E-state index contributed by atoms with van der Waals surface area (Å²) in [5.41, 5.74) is 0.137. The first kappa shape index (κ1) is 15.6. The molecule has 0 aromatic heterocycles. The van der Waals surface area contributed by atoms with Gasteiger partial charge in [-0.15, -0.1) is 0 Å². The number of nitrogens with one attached hydrogen (secondary N) is 1. The normalized spacial score (nSPS) is 11.4. The van der Waals surface area contributed by atoms with E-state index in [1.165, 1.54) is 12.1 Å². The van der Waals surface area contributed by atoms with Crippen LogP contribution < -0.4 is 5.32 Å². The third-order valence-electron chi connectivity index (χ3n) is 2.29. The molecule has 19 heavy (non-hydrogen) atoms. The quantitative estimate of drug-likeness (QED) is 0.893. The predicted octanol–water partition coefficient (Wildman–Crippen LogP) is 2.44. The Morgan fingerprint density at radius 2 is 1.79 bits per heavy atom. The summed E-state index contributed by atoms with van der Waals surface area (Å²) in [6.45, 7) is 5.86. The Kier molecular flexibility index (Phi) is 5.42. The van der Waals surface area contributed by atoms with Crippen LogP contribution in [0.4, 0.5) is 8.78 Å². The lowest BCUT2D eigenvalue weighted by molar-refractivity contribution is -0.130. The van der Waals surface area contributed by atoms with Crippen LogP contribution in [0.2, 0.25) is 0 Å². The fourth-order valence-electron chi connectivity index (χ4n) is 1.43. The Morgan fingerprint density at radius 3 is 2.32 bits per heavy atom. The van der Waals surface area contributed by atoms with E-state index in [-0.39, 0.29) is 18.1 Å². The lowest BCUT2D eigenvalue weighted by atomic mass is 10.1. The van der Waals surface area contributed by atoms with Crippen molar-refractivity contribution in [1.82, 2.24) is 5.32 Å². The van der Waals surface area contributed by atoms with Crippen molar-refractivity contribution in [2.75, 3.05) is 13.2 Å². The molecule has 1 amide bonds. The van der Waals surface area contributed by atoms with E-state index in [0.717, 1.165) is 6.07 Å². The number of hydrogen-bond donors (Lipinski definition) is 1. The molecule has 1 N–H and O–H groups in total. The topological polar surface area (TPSA) is 38.3 Å². The van der Waals surface area contributed by atoms with Gasteiger partial charge >= 0.3 is 0 Å². The van der Waals surface area contributed by atoms with Crippen LogP contribution >= 0.6 is 0 Å². The maximum absolute atomic E-state index is 12.9. The molecule has 0 heterocycles. The third-order valence-corrected chi connectivity index (χ3v) is 2.29. The molecule has 106 valence electrons. The van der Waals surface area contributed by atoms with Crippen LogP contribution in [0, 0.1) is 11.6 Å². The fourth-order valence-corrected chi connectivity index (χ4v) is 1.43. The Balaban J connectivity index is 2.32. The number of carbonyl (C=O) groups excluding carboxylic acids is 1.